The number of benzene rings is 1. The molecule has 1 aliphatic rings. The van der Waals surface area contributed by atoms with Gasteiger partial charge in [0, 0.05) is 24.2 Å². The molecule has 5 heteroatoms. The normalized spacial score (nSPS) is 28.4. The molecule has 1 aliphatic heterocycles. The summed E-state index contributed by atoms with van der Waals surface area (Å²) in [6.07, 6.45) is 0. The predicted octanol–water partition coefficient (Wildman–Crippen LogP) is 0.660. The molecule has 0 aromatic heterocycles. The average molecular weight is 240 g/mol. The molecule has 1 saturated heterocycles. The Morgan fingerprint density at radius 3 is 3.06 bits per heavy atom. The molecule has 94 valence electrons. The molecule has 0 saturated carbocycles. The van der Waals surface area contributed by atoms with Crippen molar-refractivity contribution in [2.24, 2.45) is 11.7 Å². The second kappa shape index (κ2) is 4.60. The first-order chi connectivity index (χ1) is 8.11. The molecule has 2 rings (SSSR count). The zero-order valence-electron chi connectivity index (χ0n) is 9.74. The summed E-state index contributed by atoms with van der Waals surface area (Å²) in [5, 5.41) is 12.2. The van der Waals surface area contributed by atoms with E-state index in [1.807, 2.05) is 0 Å². The summed E-state index contributed by atoms with van der Waals surface area (Å²) >= 11 is 0. The van der Waals surface area contributed by atoms with E-state index in [4.69, 9.17) is 10.5 Å². The Labute approximate surface area is 99.6 Å². The highest BCUT2D eigenvalue weighted by molar-refractivity contribution is 5.48. The van der Waals surface area contributed by atoms with Crippen molar-refractivity contribution in [2.45, 2.75) is 5.54 Å². The van der Waals surface area contributed by atoms with E-state index >= 15 is 0 Å². The van der Waals surface area contributed by atoms with Crippen LogP contribution in [0, 0.1) is 11.7 Å². The summed E-state index contributed by atoms with van der Waals surface area (Å²) < 4.78 is 19.1. The lowest BCUT2D eigenvalue weighted by Crippen LogP contribution is -2.46. The third-order valence-electron chi connectivity index (χ3n) is 3.37. The lowest BCUT2D eigenvalue weighted by molar-refractivity contribution is 0.160. The zero-order valence-corrected chi connectivity index (χ0v) is 9.74. The second-order valence-electron chi connectivity index (χ2n) is 4.38. The Balaban J connectivity index is 2.44. The zero-order chi connectivity index (χ0) is 12.5. The minimum atomic E-state index is -0.953. The third kappa shape index (κ3) is 2.01. The van der Waals surface area contributed by atoms with E-state index in [-0.39, 0.29) is 24.9 Å². The van der Waals surface area contributed by atoms with E-state index in [0.717, 1.165) is 5.69 Å². The maximum Gasteiger partial charge on any atom is 0.128 e. The van der Waals surface area contributed by atoms with E-state index < -0.39 is 5.54 Å². The molecule has 4 N–H and O–H groups in total. The van der Waals surface area contributed by atoms with Crippen LogP contribution in [0.3, 0.4) is 0 Å². The highest BCUT2D eigenvalue weighted by Crippen LogP contribution is 2.35. The monoisotopic (exact) mass is 240 g/mol. The first kappa shape index (κ1) is 12.3. The molecule has 1 fully saturated rings. The van der Waals surface area contributed by atoms with E-state index in [1.54, 1.807) is 19.2 Å². The first-order valence-corrected chi connectivity index (χ1v) is 5.57. The number of ether oxygens (including phenoxy) is 1. The maximum absolute atomic E-state index is 13.9. The van der Waals surface area contributed by atoms with Gasteiger partial charge in [-0.15, -0.1) is 0 Å². The predicted molar refractivity (Wildman–Crippen MR) is 63.2 cm³/mol. The van der Waals surface area contributed by atoms with Crippen LogP contribution in [0.15, 0.2) is 18.2 Å². The van der Waals surface area contributed by atoms with Gasteiger partial charge in [0.1, 0.15) is 5.82 Å². The van der Waals surface area contributed by atoms with Crippen molar-refractivity contribution >= 4 is 5.69 Å². The van der Waals surface area contributed by atoms with Crippen LogP contribution in [0.2, 0.25) is 0 Å². The fourth-order valence-electron chi connectivity index (χ4n) is 2.19. The number of halogens is 1. The molecule has 1 heterocycles. The van der Waals surface area contributed by atoms with Crippen LogP contribution >= 0.6 is 0 Å². The van der Waals surface area contributed by atoms with Gasteiger partial charge in [-0.3, -0.25) is 0 Å². The number of aliphatic hydroxyl groups is 1. The van der Waals surface area contributed by atoms with E-state index in [0.29, 0.717) is 12.2 Å². The smallest absolute Gasteiger partial charge is 0.128 e. The van der Waals surface area contributed by atoms with E-state index in [2.05, 4.69) is 5.32 Å². The van der Waals surface area contributed by atoms with Gasteiger partial charge < -0.3 is 20.9 Å². The lowest BCUT2D eigenvalue weighted by Gasteiger charge is -2.29. The maximum atomic E-state index is 13.9. The Morgan fingerprint density at radius 2 is 2.41 bits per heavy atom. The Kier molecular flexibility index (Phi) is 3.33. The van der Waals surface area contributed by atoms with Crippen molar-refractivity contribution < 1.29 is 14.2 Å². The highest BCUT2D eigenvalue weighted by atomic mass is 19.1. The van der Waals surface area contributed by atoms with Gasteiger partial charge in [-0.2, -0.15) is 0 Å². The van der Waals surface area contributed by atoms with Crippen molar-refractivity contribution in [1.29, 1.82) is 0 Å². The van der Waals surface area contributed by atoms with Crippen LogP contribution in [-0.2, 0) is 10.3 Å². The van der Waals surface area contributed by atoms with Crippen molar-refractivity contribution in [3.63, 3.8) is 0 Å². The topological polar surface area (TPSA) is 67.5 Å². The van der Waals surface area contributed by atoms with Crippen LogP contribution in [0.25, 0.3) is 0 Å². The Bertz CT molecular complexity index is 413. The van der Waals surface area contributed by atoms with Gasteiger partial charge in [0.05, 0.1) is 25.4 Å². The molecule has 2 unspecified atom stereocenters. The van der Waals surface area contributed by atoms with Crippen LogP contribution in [0.1, 0.15) is 5.56 Å². The van der Waals surface area contributed by atoms with Crippen molar-refractivity contribution in [2.75, 3.05) is 32.2 Å². The lowest BCUT2D eigenvalue weighted by atomic mass is 9.81. The molecule has 0 radical (unpaired) electrons. The minimum Gasteiger partial charge on any atom is -0.396 e. The molecule has 0 bridgehead atoms. The number of rotatable bonds is 3. The van der Waals surface area contributed by atoms with Gasteiger partial charge in [0.25, 0.3) is 0 Å². The van der Waals surface area contributed by atoms with Crippen molar-refractivity contribution in [1.82, 2.24) is 0 Å². The van der Waals surface area contributed by atoms with Gasteiger partial charge in [-0.25, -0.2) is 4.39 Å². The molecular formula is C12H17FN2O2. The molecule has 0 spiro atoms. The van der Waals surface area contributed by atoms with Gasteiger partial charge in [0.15, 0.2) is 0 Å². The molecule has 1 aromatic rings. The summed E-state index contributed by atoms with van der Waals surface area (Å²) in [5.74, 6) is -0.639. The van der Waals surface area contributed by atoms with Gasteiger partial charge >= 0.3 is 0 Å². The van der Waals surface area contributed by atoms with Crippen LogP contribution < -0.4 is 11.1 Å². The van der Waals surface area contributed by atoms with Crippen LogP contribution in [0.4, 0.5) is 10.1 Å². The number of anilines is 1. The van der Waals surface area contributed by atoms with Crippen molar-refractivity contribution in [3.05, 3.63) is 29.6 Å². The number of hydrogen-bond donors (Lipinski definition) is 3. The Hall–Kier alpha value is -1.17. The second-order valence-corrected chi connectivity index (χ2v) is 4.38. The quantitative estimate of drug-likeness (QED) is 0.726. The fraction of sp³-hybridized carbons (Fsp3) is 0.500. The largest absolute Gasteiger partial charge is 0.396 e. The fourth-order valence-corrected chi connectivity index (χ4v) is 2.19. The van der Waals surface area contributed by atoms with Gasteiger partial charge in [-0.05, 0) is 18.2 Å². The SMILES string of the molecule is CNc1ccc(F)c(C2(N)COCC2CO)c1. The number of aliphatic hydroxyl groups excluding tert-OH is 1. The highest BCUT2D eigenvalue weighted by Gasteiger charge is 2.43. The number of nitrogens with two attached hydrogens (primary N) is 1. The summed E-state index contributed by atoms with van der Waals surface area (Å²) in [4.78, 5) is 0. The average Bonchev–Trinajstić information content (AvgIpc) is 2.72. The summed E-state index contributed by atoms with van der Waals surface area (Å²) in [7, 11) is 1.76. The standard InChI is InChI=1S/C12H17FN2O2/c1-15-9-2-3-11(13)10(4-9)12(14)7-17-6-8(12)5-16/h2-4,8,15-16H,5-7,14H2,1H3. The van der Waals surface area contributed by atoms with Gasteiger partial charge in [-0.1, -0.05) is 0 Å². The minimum absolute atomic E-state index is 0.111. The van der Waals surface area contributed by atoms with E-state index in [1.165, 1.54) is 6.07 Å². The van der Waals surface area contributed by atoms with Crippen LogP contribution in [0.5, 0.6) is 0 Å². The summed E-state index contributed by atoms with van der Waals surface area (Å²) in [6, 6.07) is 4.70. The first-order valence-electron chi connectivity index (χ1n) is 5.57. The molecule has 2 atom stereocenters. The third-order valence-corrected chi connectivity index (χ3v) is 3.37. The molecular weight excluding hydrogens is 223 g/mol. The molecule has 4 nitrogen and oxygen atoms in total. The molecule has 0 aliphatic carbocycles. The van der Waals surface area contributed by atoms with Crippen molar-refractivity contribution in [3.8, 4) is 0 Å². The molecule has 17 heavy (non-hydrogen) atoms. The molecule has 1 aromatic carbocycles. The Morgan fingerprint density at radius 1 is 1.65 bits per heavy atom. The molecule has 0 amide bonds. The van der Waals surface area contributed by atoms with Crippen LogP contribution in [-0.4, -0.2) is 32.0 Å². The summed E-state index contributed by atoms with van der Waals surface area (Å²) in [5.41, 5.74) is 6.43. The number of hydrogen-bond acceptors (Lipinski definition) is 4. The number of nitrogens with one attached hydrogen (secondary N) is 1. The van der Waals surface area contributed by atoms with Gasteiger partial charge in [0.2, 0.25) is 0 Å². The van der Waals surface area contributed by atoms with E-state index in [9.17, 15) is 9.50 Å². The summed E-state index contributed by atoms with van der Waals surface area (Å²) in [6.45, 7) is 0.470.